The van der Waals surface area contributed by atoms with Crippen molar-refractivity contribution in [3.8, 4) is 0 Å². The van der Waals surface area contributed by atoms with Gasteiger partial charge in [0.2, 0.25) is 0 Å². The van der Waals surface area contributed by atoms with Crippen LogP contribution in [0.25, 0.3) is 0 Å². The van der Waals surface area contributed by atoms with Crippen LogP contribution in [-0.4, -0.2) is 14.4 Å². The van der Waals surface area contributed by atoms with Crippen LogP contribution in [0.5, 0.6) is 0 Å². The summed E-state index contributed by atoms with van der Waals surface area (Å²) in [6.07, 6.45) is 18.7. The fourth-order valence-electron chi connectivity index (χ4n) is 9.40. The molecule has 198 valence electrons. The van der Waals surface area contributed by atoms with Gasteiger partial charge in [0.1, 0.15) is 0 Å². The molecule has 0 bridgehead atoms. The summed E-state index contributed by atoms with van der Waals surface area (Å²) in [4.78, 5) is 0. The first-order chi connectivity index (χ1) is 16.1. The summed E-state index contributed by atoms with van der Waals surface area (Å²) in [6.45, 7) is 27.1. The molecule has 0 aromatic rings. The first-order valence-corrected chi connectivity index (χ1v) is 18.2. The van der Waals surface area contributed by atoms with E-state index in [9.17, 15) is 0 Å². The van der Waals surface area contributed by atoms with Crippen molar-refractivity contribution < 1.29 is 4.43 Å². The average Bonchev–Trinajstić information content (AvgIpc) is 3.01. The van der Waals surface area contributed by atoms with E-state index in [4.69, 9.17) is 4.43 Å². The highest BCUT2D eigenvalue weighted by Gasteiger charge is 2.63. The standard InChI is InChI=1S/C33H56OSi/c1-23(2)13-12-14-24(3)25-17-21-33(8)27-15-16-28-30(4,5)29(34-35(9,10)11)19-20-31(28,6)26(27)18-22-32(25,33)7/h13,15,18,24-25,28-29H,12,14,16-17,19-22H2,1-11H3/t24-,25-,28+,29?,31-,32-,33+/m1/s1. The Morgan fingerprint density at radius 1 is 1.03 bits per heavy atom. The van der Waals surface area contributed by atoms with E-state index < -0.39 is 8.32 Å². The fraction of sp³-hybridized carbons (Fsp3) is 0.818. The van der Waals surface area contributed by atoms with Crippen molar-refractivity contribution in [2.24, 2.45) is 39.4 Å². The lowest BCUT2D eigenvalue weighted by Crippen LogP contribution is -2.56. The van der Waals surface area contributed by atoms with Crippen molar-refractivity contribution in [3.63, 3.8) is 0 Å². The van der Waals surface area contributed by atoms with E-state index in [2.05, 4.69) is 93.3 Å². The molecule has 0 aliphatic heterocycles. The Labute approximate surface area is 219 Å². The number of allylic oxidation sites excluding steroid dienone is 6. The third kappa shape index (κ3) is 4.41. The largest absolute Gasteiger partial charge is 0.414 e. The van der Waals surface area contributed by atoms with Gasteiger partial charge < -0.3 is 4.43 Å². The Morgan fingerprint density at radius 2 is 1.71 bits per heavy atom. The van der Waals surface area contributed by atoms with Crippen molar-refractivity contribution in [2.45, 2.75) is 133 Å². The lowest BCUT2D eigenvalue weighted by Gasteiger charge is -2.62. The molecule has 0 amide bonds. The summed E-state index contributed by atoms with van der Waals surface area (Å²) in [7, 11) is -1.56. The Morgan fingerprint density at radius 3 is 2.34 bits per heavy atom. The highest BCUT2D eigenvalue weighted by atomic mass is 28.4. The zero-order valence-corrected chi connectivity index (χ0v) is 26.1. The molecule has 2 saturated carbocycles. The van der Waals surface area contributed by atoms with Crippen LogP contribution in [0.15, 0.2) is 34.9 Å². The Bertz CT molecular complexity index is 912. The molecule has 4 aliphatic carbocycles. The van der Waals surface area contributed by atoms with Crippen LogP contribution in [0.1, 0.15) is 107 Å². The second-order valence-corrected chi connectivity index (χ2v) is 19.9. The van der Waals surface area contributed by atoms with Gasteiger partial charge >= 0.3 is 0 Å². The molecule has 0 saturated heterocycles. The highest BCUT2D eigenvalue weighted by Crippen LogP contribution is 2.71. The molecule has 1 nitrogen and oxygen atoms in total. The summed E-state index contributed by atoms with van der Waals surface area (Å²) < 4.78 is 6.81. The molecule has 4 aliphatic rings. The molecule has 4 rings (SSSR count). The minimum atomic E-state index is -1.56. The molecular weight excluding hydrogens is 440 g/mol. The van der Waals surface area contributed by atoms with Crippen LogP contribution in [0.2, 0.25) is 19.6 Å². The smallest absolute Gasteiger partial charge is 0.184 e. The van der Waals surface area contributed by atoms with Crippen LogP contribution in [0, 0.1) is 39.4 Å². The van der Waals surface area contributed by atoms with Crippen molar-refractivity contribution in [2.75, 3.05) is 0 Å². The maximum absolute atomic E-state index is 6.81. The summed E-state index contributed by atoms with van der Waals surface area (Å²) in [5, 5.41) is 0. The Balaban J connectivity index is 1.63. The van der Waals surface area contributed by atoms with E-state index in [0.29, 0.717) is 28.3 Å². The van der Waals surface area contributed by atoms with E-state index in [1.165, 1.54) is 56.9 Å². The third-order valence-corrected chi connectivity index (χ3v) is 12.6. The molecule has 0 spiro atoms. The monoisotopic (exact) mass is 496 g/mol. The van der Waals surface area contributed by atoms with Gasteiger partial charge in [-0.1, -0.05) is 65.3 Å². The molecule has 0 heterocycles. The van der Waals surface area contributed by atoms with E-state index in [-0.39, 0.29) is 5.41 Å². The van der Waals surface area contributed by atoms with Gasteiger partial charge in [0.25, 0.3) is 0 Å². The second kappa shape index (κ2) is 9.00. The quantitative estimate of drug-likeness (QED) is 0.262. The van der Waals surface area contributed by atoms with Gasteiger partial charge in [-0.15, -0.1) is 0 Å². The summed E-state index contributed by atoms with van der Waals surface area (Å²) in [5.41, 5.74) is 6.20. The zero-order valence-electron chi connectivity index (χ0n) is 25.1. The fourth-order valence-corrected chi connectivity index (χ4v) is 10.7. The molecule has 0 N–H and O–H groups in total. The van der Waals surface area contributed by atoms with Crippen molar-refractivity contribution in [3.05, 3.63) is 34.9 Å². The van der Waals surface area contributed by atoms with E-state index in [1.54, 1.807) is 11.1 Å². The first-order valence-electron chi connectivity index (χ1n) is 14.8. The predicted molar refractivity (Wildman–Crippen MR) is 155 cm³/mol. The second-order valence-electron chi connectivity index (χ2n) is 15.5. The molecule has 1 unspecified atom stereocenters. The normalized spacial score (nSPS) is 41.2. The zero-order chi connectivity index (χ0) is 26.0. The van der Waals surface area contributed by atoms with Crippen LogP contribution in [0.4, 0.5) is 0 Å². The first kappa shape index (κ1) is 27.4. The molecule has 0 aromatic heterocycles. The summed E-state index contributed by atoms with van der Waals surface area (Å²) in [5.74, 6) is 2.31. The van der Waals surface area contributed by atoms with Crippen molar-refractivity contribution >= 4 is 8.32 Å². The van der Waals surface area contributed by atoms with Gasteiger partial charge in [-0.2, -0.15) is 0 Å². The van der Waals surface area contributed by atoms with E-state index >= 15 is 0 Å². The summed E-state index contributed by atoms with van der Waals surface area (Å²) >= 11 is 0. The number of hydrogen-bond donors (Lipinski definition) is 0. The van der Waals surface area contributed by atoms with Crippen LogP contribution < -0.4 is 0 Å². The minimum absolute atomic E-state index is 0.218. The molecular formula is C33H56OSi. The minimum Gasteiger partial charge on any atom is -0.414 e. The maximum atomic E-state index is 6.81. The number of fused-ring (bicyclic) bond motifs is 5. The lowest BCUT2D eigenvalue weighted by atomic mass is 9.44. The van der Waals surface area contributed by atoms with Gasteiger partial charge in [-0.3, -0.25) is 0 Å². The molecule has 7 atom stereocenters. The SMILES string of the molecule is CC(C)=CCC[C@@H](C)[C@H]1CC[C@@]2(C)C3=CC[C@H]4C(C)(C)C(O[Si](C)(C)C)CC[C@]4(C)C3=CC[C@]12C. The molecule has 0 aromatic carbocycles. The maximum Gasteiger partial charge on any atom is 0.184 e. The lowest BCUT2D eigenvalue weighted by molar-refractivity contribution is -0.0764. The van der Waals surface area contributed by atoms with Gasteiger partial charge in [-0.05, 0) is 135 Å². The molecule has 35 heavy (non-hydrogen) atoms. The number of rotatable bonds is 6. The van der Waals surface area contributed by atoms with E-state index in [0.717, 1.165) is 11.8 Å². The Hall–Kier alpha value is -0.603. The molecule has 0 radical (unpaired) electrons. The third-order valence-electron chi connectivity index (χ3n) is 11.6. The highest BCUT2D eigenvalue weighted by molar-refractivity contribution is 6.69. The predicted octanol–water partition coefficient (Wildman–Crippen LogP) is 10.1. The van der Waals surface area contributed by atoms with Gasteiger partial charge in [-0.25, -0.2) is 0 Å². The topological polar surface area (TPSA) is 9.23 Å². The average molecular weight is 497 g/mol. The van der Waals surface area contributed by atoms with Crippen LogP contribution in [-0.2, 0) is 4.43 Å². The van der Waals surface area contributed by atoms with Gasteiger partial charge in [0.05, 0.1) is 6.10 Å². The van der Waals surface area contributed by atoms with Crippen molar-refractivity contribution in [1.82, 2.24) is 0 Å². The Kier molecular flexibility index (Phi) is 7.06. The number of hydrogen-bond acceptors (Lipinski definition) is 1. The molecule has 2 heteroatoms. The molecule has 2 fully saturated rings. The van der Waals surface area contributed by atoms with Crippen LogP contribution in [0.3, 0.4) is 0 Å². The van der Waals surface area contributed by atoms with Gasteiger partial charge in [0, 0.05) is 0 Å². The van der Waals surface area contributed by atoms with Crippen molar-refractivity contribution in [1.29, 1.82) is 0 Å². The summed E-state index contributed by atoms with van der Waals surface area (Å²) in [6, 6.07) is 0. The van der Waals surface area contributed by atoms with Crippen LogP contribution >= 0.6 is 0 Å². The van der Waals surface area contributed by atoms with Gasteiger partial charge in [0.15, 0.2) is 8.32 Å². The van der Waals surface area contributed by atoms with E-state index in [1.807, 2.05) is 0 Å².